The van der Waals surface area contributed by atoms with Crippen molar-refractivity contribution in [3.05, 3.63) is 29.8 Å². The lowest BCUT2D eigenvalue weighted by Crippen LogP contribution is -2.36. The van der Waals surface area contributed by atoms with E-state index in [0.717, 1.165) is 12.8 Å². The number of benzene rings is 1. The molecule has 1 rings (SSSR count). The number of rotatable bonds is 6. The number of amides is 1. The van der Waals surface area contributed by atoms with E-state index in [9.17, 15) is 9.59 Å². The van der Waals surface area contributed by atoms with E-state index >= 15 is 0 Å². The first-order chi connectivity index (χ1) is 9.06. The molecule has 1 atom stereocenters. The number of ether oxygens (including phenoxy) is 1. The summed E-state index contributed by atoms with van der Waals surface area (Å²) in [7, 11) is 0. The van der Waals surface area contributed by atoms with Gasteiger partial charge in [0.2, 0.25) is 0 Å². The van der Waals surface area contributed by atoms with Gasteiger partial charge in [-0.05, 0) is 25.5 Å². The van der Waals surface area contributed by atoms with E-state index in [1.807, 2.05) is 6.92 Å². The summed E-state index contributed by atoms with van der Waals surface area (Å²) in [4.78, 5) is 23.5. The van der Waals surface area contributed by atoms with Gasteiger partial charge in [-0.15, -0.1) is 0 Å². The minimum Gasteiger partial charge on any atom is -0.449 e. The maximum absolute atomic E-state index is 11.8. The van der Waals surface area contributed by atoms with E-state index in [2.05, 4.69) is 5.32 Å². The van der Waals surface area contributed by atoms with Gasteiger partial charge in [0.25, 0.3) is 5.91 Å². The zero-order valence-corrected chi connectivity index (χ0v) is 11.3. The minimum absolute atomic E-state index is 0.274. The van der Waals surface area contributed by atoms with E-state index in [1.165, 1.54) is 6.92 Å². The lowest BCUT2D eigenvalue weighted by Gasteiger charge is -2.14. The third-order valence-corrected chi connectivity index (χ3v) is 2.66. The molecular weight excluding hydrogens is 244 g/mol. The fraction of sp³-hybridized carbons (Fsp3) is 0.429. The number of carbonyl (C=O) groups is 2. The van der Waals surface area contributed by atoms with E-state index in [0.29, 0.717) is 12.2 Å². The predicted molar refractivity (Wildman–Crippen MR) is 73.6 cm³/mol. The smallest absolute Gasteiger partial charge is 0.341 e. The van der Waals surface area contributed by atoms with Crippen molar-refractivity contribution < 1.29 is 14.3 Å². The van der Waals surface area contributed by atoms with Gasteiger partial charge >= 0.3 is 5.97 Å². The van der Waals surface area contributed by atoms with Gasteiger partial charge in [-0.25, -0.2) is 4.79 Å². The highest BCUT2D eigenvalue weighted by Gasteiger charge is 2.19. The molecule has 0 saturated heterocycles. The lowest BCUT2D eigenvalue weighted by atomic mass is 10.2. The maximum atomic E-state index is 11.8. The highest BCUT2D eigenvalue weighted by Crippen LogP contribution is 2.12. The molecule has 0 spiro atoms. The first kappa shape index (κ1) is 15.0. The van der Waals surface area contributed by atoms with E-state index < -0.39 is 12.1 Å². The van der Waals surface area contributed by atoms with Crippen molar-refractivity contribution in [3.63, 3.8) is 0 Å². The molecule has 5 nitrogen and oxygen atoms in total. The van der Waals surface area contributed by atoms with Crippen LogP contribution in [-0.2, 0) is 9.53 Å². The second-order valence-electron chi connectivity index (χ2n) is 4.28. The molecule has 1 amide bonds. The molecular formula is C14H20N2O3. The fourth-order valence-corrected chi connectivity index (χ4v) is 1.49. The molecule has 0 saturated carbocycles. The first-order valence-electron chi connectivity index (χ1n) is 6.39. The Bertz CT molecular complexity index is 446. The van der Waals surface area contributed by atoms with Gasteiger partial charge in [0, 0.05) is 12.2 Å². The van der Waals surface area contributed by atoms with Gasteiger partial charge in [0.1, 0.15) is 0 Å². The molecule has 1 aromatic carbocycles. The van der Waals surface area contributed by atoms with Crippen LogP contribution in [0.3, 0.4) is 0 Å². The van der Waals surface area contributed by atoms with Crippen LogP contribution in [0.4, 0.5) is 5.69 Å². The Morgan fingerprint density at radius 1 is 1.37 bits per heavy atom. The standard InChI is InChI=1S/C14H20N2O3/c1-3-4-9-16-13(17)10(2)19-14(18)11-7-5-6-8-12(11)15/h5-8,10H,3-4,9,15H2,1-2H3,(H,16,17). The highest BCUT2D eigenvalue weighted by molar-refractivity contribution is 5.96. The summed E-state index contributed by atoms with van der Waals surface area (Å²) in [5.74, 6) is -0.882. The zero-order valence-electron chi connectivity index (χ0n) is 11.3. The number of nitrogen functional groups attached to an aromatic ring is 1. The fourth-order valence-electron chi connectivity index (χ4n) is 1.49. The molecule has 0 heterocycles. The Kier molecular flexibility index (Phi) is 5.85. The molecule has 1 unspecified atom stereocenters. The quantitative estimate of drug-likeness (QED) is 0.466. The second kappa shape index (κ2) is 7.41. The number of para-hydroxylation sites is 1. The maximum Gasteiger partial charge on any atom is 0.341 e. The van der Waals surface area contributed by atoms with Crippen molar-refractivity contribution in [2.45, 2.75) is 32.8 Å². The molecule has 1 aromatic rings. The van der Waals surface area contributed by atoms with Crippen molar-refractivity contribution >= 4 is 17.6 Å². The number of hydrogen-bond acceptors (Lipinski definition) is 4. The van der Waals surface area contributed by atoms with E-state index in [-0.39, 0.29) is 11.5 Å². The van der Waals surface area contributed by atoms with Crippen LogP contribution in [0, 0.1) is 0 Å². The molecule has 0 radical (unpaired) electrons. The Balaban J connectivity index is 2.52. The van der Waals surface area contributed by atoms with Gasteiger partial charge < -0.3 is 15.8 Å². The predicted octanol–water partition coefficient (Wildman–Crippen LogP) is 1.73. The van der Waals surface area contributed by atoms with Crippen molar-refractivity contribution in [1.82, 2.24) is 5.32 Å². The van der Waals surface area contributed by atoms with Crippen molar-refractivity contribution in [2.75, 3.05) is 12.3 Å². The van der Waals surface area contributed by atoms with E-state index in [4.69, 9.17) is 10.5 Å². The number of nitrogens with one attached hydrogen (secondary N) is 1. The summed E-state index contributed by atoms with van der Waals surface area (Å²) in [6.07, 6.45) is 1.07. The third kappa shape index (κ3) is 4.62. The largest absolute Gasteiger partial charge is 0.449 e. The molecule has 0 aliphatic heterocycles. The van der Waals surface area contributed by atoms with Crippen LogP contribution >= 0.6 is 0 Å². The second-order valence-corrected chi connectivity index (χ2v) is 4.28. The molecule has 104 valence electrons. The molecule has 0 aliphatic carbocycles. The van der Waals surface area contributed by atoms with Gasteiger partial charge in [-0.3, -0.25) is 4.79 Å². The average molecular weight is 264 g/mol. The number of carbonyl (C=O) groups excluding carboxylic acids is 2. The lowest BCUT2D eigenvalue weighted by molar-refractivity contribution is -0.129. The summed E-state index contributed by atoms with van der Waals surface area (Å²) in [5, 5.41) is 2.71. The van der Waals surface area contributed by atoms with Gasteiger partial charge in [0.15, 0.2) is 6.10 Å². The van der Waals surface area contributed by atoms with E-state index in [1.54, 1.807) is 24.3 Å². The molecule has 0 aliphatic rings. The monoisotopic (exact) mass is 264 g/mol. The van der Waals surface area contributed by atoms with Crippen LogP contribution in [0.15, 0.2) is 24.3 Å². The molecule has 3 N–H and O–H groups in total. The van der Waals surface area contributed by atoms with Crippen LogP contribution in [0.5, 0.6) is 0 Å². The molecule has 5 heteroatoms. The van der Waals surface area contributed by atoms with Gasteiger partial charge in [0.05, 0.1) is 5.56 Å². The van der Waals surface area contributed by atoms with Crippen LogP contribution in [0.25, 0.3) is 0 Å². The molecule has 0 bridgehead atoms. The molecule has 0 fully saturated rings. The Morgan fingerprint density at radius 2 is 2.05 bits per heavy atom. The van der Waals surface area contributed by atoms with Crippen LogP contribution in [0.1, 0.15) is 37.0 Å². The SMILES string of the molecule is CCCCNC(=O)C(C)OC(=O)c1ccccc1N. The number of anilines is 1. The minimum atomic E-state index is -0.830. The Morgan fingerprint density at radius 3 is 2.68 bits per heavy atom. The normalized spacial score (nSPS) is 11.7. The van der Waals surface area contributed by atoms with Crippen LogP contribution < -0.4 is 11.1 Å². The average Bonchev–Trinajstić information content (AvgIpc) is 2.39. The van der Waals surface area contributed by atoms with Gasteiger partial charge in [-0.2, -0.15) is 0 Å². The van der Waals surface area contributed by atoms with Crippen LogP contribution in [0.2, 0.25) is 0 Å². The van der Waals surface area contributed by atoms with Crippen molar-refractivity contribution in [2.24, 2.45) is 0 Å². The number of hydrogen-bond donors (Lipinski definition) is 2. The number of unbranched alkanes of at least 4 members (excludes halogenated alkanes) is 1. The highest BCUT2D eigenvalue weighted by atomic mass is 16.5. The first-order valence-corrected chi connectivity index (χ1v) is 6.39. The summed E-state index contributed by atoms with van der Waals surface area (Å²) in [6.45, 7) is 4.16. The van der Waals surface area contributed by atoms with Crippen molar-refractivity contribution in [3.8, 4) is 0 Å². The molecule has 19 heavy (non-hydrogen) atoms. The summed E-state index contributed by atoms with van der Waals surface area (Å²) in [5.41, 5.74) is 6.28. The Labute approximate surface area is 113 Å². The topological polar surface area (TPSA) is 81.4 Å². The number of nitrogens with two attached hydrogens (primary N) is 1. The summed E-state index contributed by atoms with van der Waals surface area (Å²) < 4.78 is 5.08. The molecule has 0 aromatic heterocycles. The number of esters is 1. The summed E-state index contributed by atoms with van der Waals surface area (Å²) >= 11 is 0. The van der Waals surface area contributed by atoms with Gasteiger partial charge in [-0.1, -0.05) is 25.5 Å². The zero-order chi connectivity index (χ0) is 14.3. The van der Waals surface area contributed by atoms with Crippen LogP contribution in [-0.4, -0.2) is 24.5 Å². The summed E-state index contributed by atoms with van der Waals surface area (Å²) in [6, 6.07) is 6.61. The third-order valence-electron chi connectivity index (χ3n) is 2.66. The van der Waals surface area contributed by atoms with Crippen molar-refractivity contribution in [1.29, 1.82) is 0 Å². The Hall–Kier alpha value is -2.04.